The molecule has 1 fully saturated rings. The molecular weight excluding hydrogens is 278 g/mol. The van der Waals surface area contributed by atoms with Crippen LogP contribution in [0.15, 0.2) is 16.3 Å². The molecule has 1 heterocycles. The van der Waals surface area contributed by atoms with E-state index >= 15 is 0 Å². The Hall–Kier alpha value is -0.960. The number of carboxylic acids is 1. The molecule has 0 aliphatic heterocycles. The lowest BCUT2D eigenvalue weighted by Crippen LogP contribution is -2.35. The van der Waals surface area contributed by atoms with Crippen molar-refractivity contribution in [3.05, 3.63) is 16.3 Å². The first kappa shape index (κ1) is 13.5. The number of aliphatic hydroxyl groups excluding tert-OH is 1. The van der Waals surface area contributed by atoms with Gasteiger partial charge < -0.3 is 10.2 Å². The summed E-state index contributed by atoms with van der Waals surface area (Å²) < 4.78 is 25.8. The number of aliphatic hydroxyl groups is 1. The summed E-state index contributed by atoms with van der Waals surface area (Å²) >= 11 is 0.884. The molecule has 0 amide bonds. The van der Waals surface area contributed by atoms with E-state index in [1.165, 1.54) is 9.69 Å². The van der Waals surface area contributed by atoms with Gasteiger partial charge in [0.15, 0.2) is 0 Å². The zero-order valence-corrected chi connectivity index (χ0v) is 11.1. The van der Waals surface area contributed by atoms with Crippen LogP contribution in [0.5, 0.6) is 0 Å². The summed E-state index contributed by atoms with van der Waals surface area (Å²) in [5.41, 5.74) is 0. The van der Waals surface area contributed by atoms with E-state index in [2.05, 4.69) is 0 Å². The molecule has 0 atom stereocenters. The maximum atomic E-state index is 12.3. The summed E-state index contributed by atoms with van der Waals surface area (Å²) in [7, 11) is -3.69. The van der Waals surface area contributed by atoms with Gasteiger partial charge in [-0.25, -0.2) is 13.2 Å². The van der Waals surface area contributed by atoms with Gasteiger partial charge >= 0.3 is 5.97 Å². The monoisotopic (exact) mass is 291 g/mol. The number of nitrogens with zero attached hydrogens (tertiary/aromatic N) is 1. The van der Waals surface area contributed by atoms with E-state index in [1.807, 2.05) is 0 Å². The van der Waals surface area contributed by atoms with Crippen molar-refractivity contribution in [2.24, 2.45) is 0 Å². The lowest BCUT2D eigenvalue weighted by atomic mass is 10.5. The van der Waals surface area contributed by atoms with E-state index in [1.54, 1.807) is 0 Å². The van der Waals surface area contributed by atoms with Crippen molar-refractivity contribution in [2.45, 2.75) is 23.8 Å². The third-order valence-corrected chi connectivity index (χ3v) is 5.66. The van der Waals surface area contributed by atoms with Crippen molar-refractivity contribution in [2.75, 3.05) is 13.2 Å². The Labute approximate surface area is 109 Å². The molecular formula is C10H13NO5S2. The SMILES string of the molecule is O=C(O)c1cc(S(=O)(=O)N(CCO)C2CC2)cs1. The second-order valence-electron chi connectivity index (χ2n) is 4.02. The zero-order valence-electron chi connectivity index (χ0n) is 9.44. The van der Waals surface area contributed by atoms with Gasteiger partial charge in [0.05, 0.1) is 11.5 Å². The highest BCUT2D eigenvalue weighted by atomic mass is 32.2. The highest BCUT2D eigenvalue weighted by molar-refractivity contribution is 7.89. The van der Waals surface area contributed by atoms with Crippen LogP contribution in [-0.2, 0) is 10.0 Å². The van der Waals surface area contributed by atoms with Crippen LogP contribution in [-0.4, -0.2) is 48.1 Å². The van der Waals surface area contributed by atoms with Crippen molar-refractivity contribution < 1.29 is 23.4 Å². The number of carbonyl (C=O) groups is 1. The van der Waals surface area contributed by atoms with E-state index in [4.69, 9.17) is 10.2 Å². The minimum Gasteiger partial charge on any atom is -0.477 e. The van der Waals surface area contributed by atoms with Crippen molar-refractivity contribution in [3.8, 4) is 0 Å². The van der Waals surface area contributed by atoms with Crippen molar-refractivity contribution in [1.29, 1.82) is 0 Å². The largest absolute Gasteiger partial charge is 0.477 e. The van der Waals surface area contributed by atoms with Crippen LogP contribution in [0.25, 0.3) is 0 Å². The molecule has 1 aliphatic carbocycles. The molecule has 1 saturated carbocycles. The molecule has 0 aromatic carbocycles. The Morgan fingerprint density at radius 2 is 2.17 bits per heavy atom. The third kappa shape index (κ3) is 2.56. The predicted octanol–water partition coefficient (Wildman–Crippen LogP) is 0.592. The van der Waals surface area contributed by atoms with E-state index in [9.17, 15) is 13.2 Å². The minimum atomic E-state index is -3.69. The maximum absolute atomic E-state index is 12.3. The molecule has 0 bridgehead atoms. The molecule has 18 heavy (non-hydrogen) atoms. The fourth-order valence-corrected chi connectivity index (χ4v) is 4.44. The number of hydrogen-bond acceptors (Lipinski definition) is 5. The Balaban J connectivity index is 2.30. The number of hydrogen-bond donors (Lipinski definition) is 2. The first-order valence-electron chi connectivity index (χ1n) is 5.41. The standard InChI is InChI=1S/C10H13NO5S2/c12-4-3-11(7-1-2-7)18(15,16)8-5-9(10(13)14)17-6-8/h5-7,12H,1-4H2,(H,13,14). The molecule has 8 heteroatoms. The van der Waals surface area contributed by atoms with E-state index in [0.717, 1.165) is 30.2 Å². The van der Waals surface area contributed by atoms with Crippen LogP contribution in [0.4, 0.5) is 0 Å². The number of rotatable bonds is 6. The molecule has 2 rings (SSSR count). The van der Waals surface area contributed by atoms with Gasteiger partial charge in [0.2, 0.25) is 10.0 Å². The Morgan fingerprint density at radius 3 is 2.61 bits per heavy atom. The molecule has 1 aromatic rings. The van der Waals surface area contributed by atoms with Crippen LogP contribution in [0.1, 0.15) is 22.5 Å². The van der Waals surface area contributed by atoms with Crippen LogP contribution in [0, 0.1) is 0 Å². The molecule has 6 nitrogen and oxygen atoms in total. The lowest BCUT2D eigenvalue weighted by Gasteiger charge is -2.19. The summed E-state index contributed by atoms with van der Waals surface area (Å²) in [5.74, 6) is -1.14. The molecule has 1 aliphatic rings. The van der Waals surface area contributed by atoms with E-state index in [0.29, 0.717) is 0 Å². The summed E-state index contributed by atoms with van der Waals surface area (Å²) in [6.07, 6.45) is 1.57. The minimum absolute atomic E-state index is 0.00618. The van der Waals surface area contributed by atoms with Gasteiger partial charge in [0.25, 0.3) is 0 Å². The second kappa shape index (κ2) is 4.96. The number of sulfonamides is 1. The molecule has 0 radical (unpaired) electrons. The number of aromatic carboxylic acids is 1. The molecule has 1 aromatic heterocycles. The van der Waals surface area contributed by atoms with Gasteiger partial charge in [-0.3, -0.25) is 0 Å². The number of carboxylic acid groups (broad SMARTS) is 1. The molecule has 100 valence electrons. The van der Waals surface area contributed by atoms with Gasteiger partial charge in [-0.15, -0.1) is 11.3 Å². The molecule has 2 N–H and O–H groups in total. The van der Waals surface area contributed by atoms with Gasteiger partial charge in [-0.2, -0.15) is 4.31 Å². The first-order chi connectivity index (χ1) is 8.46. The van der Waals surface area contributed by atoms with Gasteiger partial charge in [-0.05, 0) is 18.9 Å². The molecule has 0 spiro atoms. The van der Waals surface area contributed by atoms with Crippen LogP contribution in [0.3, 0.4) is 0 Å². The topological polar surface area (TPSA) is 94.9 Å². The fraction of sp³-hybridized carbons (Fsp3) is 0.500. The molecule has 0 unspecified atom stereocenters. The van der Waals surface area contributed by atoms with Crippen molar-refractivity contribution in [1.82, 2.24) is 4.31 Å². The highest BCUT2D eigenvalue weighted by Gasteiger charge is 2.38. The van der Waals surface area contributed by atoms with Crippen LogP contribution in [0.2, 0.25) is 0 Å². The quantitative estimate of drug-likeness (QED) is 0.800. The van der Waals surface area contributed by atoms with Crippen LogP contribution < -0.4 is 0 Å². The Bertz CT molecular complexity index is 546. The Morgan fingerprint density at radius 1 is 1.50 bits per heavy atom. The summed E-state index contributed by atoms with van der Waals surface area (Å²) in [4.78, 5) is 10.7. The van der Waals surface area contributed by atoms with Crippen molar-refractivity contribution >= 4 is 27.3 Å². The Kier molecular flexibility index (Phi) is 3.71. The highest BCUT2D eigenvalue weighted by Crippen LogP contribution is 2.33. The fourth-order valence-electron chi connectivity index (χ4n) is 1.66. The number of thiophene rings is 1. The van der Waals surface area contributed by atoms with Gasteiger partial charge in [0.1, 0.15) is 4.88 Å². The predicted molar refractivity (Wildman–Crippen MR) is 65.3 cm³/mol. The average Bonchev–Trinajstić information content (AvgIpc) is 2.99. The summed E-state index contributed by atoms with van der Waals surface area (Å²) in [6, 6.07) is 1.10. The second-order valence-corrected chi connectivity index (χ2v) is 6.82. The van der Waals surface area contributed by atoms with E-state index in [-0.39, 0.29) is 29.0 Å². The normalized spacial score (nSPS) is 16.1. The van der Waals surface area contributed by atoms with Gasteiger partial charge in [-0.1, -0.05) is 0 Å². The molecule has 0 saturated heterocycles. The van der Waals surface area contributed by atoms with Gasteiger partial charge in [0, 0.05) is 18.0 Å². The first-order valence-corrected chi connectivity index (χ1v) is 7.73. The maximum Gasteiger partial charge on any atom is 0.345 e. The third-order valence-electron chi connectivity index (χ3n) is 2.67. The van der Waals surface area contributed by atoms with Crippen LogP contribution >= 0.6 is 11.3 Å². The van der Waals surface area contributed by atoms with Crippen molar-refractivity contribution in [3.63, 3.8) is 0 Å². The summed E-state index contributed by atoms with van der Waals surface area (Å²) in [6.45, 7) is -0.198. The lowest BCUT2D eigenvalue weighted by molar-refractivity contribution is 0.0702. The summed E-state index contributed by atoms with van der Waals surface area (Å²) in [5, 5.41) is 19.0. The zero-order chi connectivity index (χ0) is 13.3. The van der Waals surface area contributed by atoms with E-state index < -0.39 is 16.0 Å². The smallest absolute Gasteiger partial charge is 0.345 e. The average molecular weight is 291 g/mol.